The topological polar surface area (TPSA) is 92.8 Å². The van der Waals surface area contributed by atoms with Crippen molar-refractivity contribution >= 4 is 26.7 Å². The Hall–Kier alpha value is -2.54. The van der Waals surface area contributed by atoms with Crippen LogP contribution in [0.2, 0.25) is 0 Å². The van der Waals surface area contributed by atoms with Gasteiger partial charge in [-0.25, -0.2) is 18.4 Å². The Morgan fingerprint density at radius 1 is 1.13 bits per heavy atom. The molecule has 0 saturated heterocycles. The maximum Gasteiger partial charge on any atom is 0.197 e. The maximum atomic E-state index is 12.8. The van der Waals surface area contributed by atoms with Crippen LogP contribution in [0.3, 0.4) is 0 Å². The van der Waals surface area contributed by atoms with E-state index in [4.69, 9.17) is 0 Å². The number of ketones is 1. The lowest BCUT2D eigenvalue weighted by Gasteiger charge is -2.03. The number of aromatic amines is 1. The van der Waals surface area contributed by atoms with E-state index < -0.39 is 9.84 Å². The Labute approximate surface area is 133 Å². The minimum Gasteiger partial charge on any atom is -0.355 e. The summed E-state index contributed by atoms with van der Waals surface area (Å²) in [5.41, 5.74) is 2.88. The molecule has 0 saturated carbocycles. The number of nitrogens with zero attached hydrogens (tertiary/aromatic N) is 2. The minimum absolute atomic E-state index is 0.183. The maximum absolute atomic E-state index is 12.8. The van der Waals surface area contributed by atoms with Gasteiger partial charge in [0.25, 0.3) is 0 Å². The molecule has 1 aromatic carbocycles. The molecule has 2 aromatic heterocycles. The lowest BCUT2D eigenvalue weighted by molar-refractivity contribution is 0.103. The fraction of sp³-hybridized carbons (Fsp3) is 0.188. The van der Waals surface area contributed by atoms with Gasteiger partial charge in [0.1, 0.15) is 11.3 Å². The quantitative estimate of drug-likeness (QED) is 0.744. The molecule has 118 valence electrons. The summed E-state index contributed by atoms with van der Waals surface area (Å²) in [6, 6.07) is 5.91. The summed E-state index contributed by atoms with van der Waals surface area (Å²) >= 11 is 0. The molecule has 3 rings (SSSR count). The number of nitrogens with one attached hydrogen (secondary N) is 1. The number of aryl methyl sites for hydroxylation is 2. The summed E-state index contributed by atoms with van der Waals surface area (Å²) in [6.45, 7) is 3.56. The number of H-pyrrole nitrogens is 1. The fourth-order valence-electron chi connectivity index (χ4n) is 2.47. The summed E-state index contributed by atoms with van der Waals surface area (Å²) in [7, 11) is -3.29. The minimum atomic E-state index is -3.29. The molecule has 1 N–H and O–H groups in total. The van der Waals surface area contributed by atoms with E-state index >= 15 is 0 Å². The van der Waals surface area contributed by atoms with Gasteiger partial charge in [-0.15, -0.1) is 0 Å². The predicted molar refractivity (Wildman–Crippen MR) is 86.3 cm³/mol. The highest BCUT2D eigenvalue weighted by Crippen LogP contribution is 2.23. The number of carbonyl (C=O) groups is 1. The predicted octanol–water partition coefficient (Wildman–Crippen LogP) is 2.21. The zero-order valence-electron chi connectivity index (χ0n) is 12.9. The van der Waals surface area contributed by atoms with Crippen LogP contribution in [0, 0.1) is 13.8 Å². The van der Waals surface area contributed by atoms with Crippen LogP contribution in [-0.2, 0) is 9.84 Å². The first-order valence-electron chi connectivity index (χ1n) is 6.94. The molecule has 0 fully saturated rings. The first-order chi connectivity index (χ1) is 10.8. The number of hydrogen-bond donors (Lipinski definition) is 1. The average Bonchev–Trinajstić information content (AvgIpc) is 2.81. The van der Waals surface area contributed by atoms with Gasteiger partial charge in [-0.1, -0.05) is 0 Å². The van der Waals surface area contributed by atoms with Crippen molar-refractivity contribution in [3.8, 4) is 0 Å². The van der Waals surface area contributed by atoms with E-state index in [0.29, 0.717) is 33.7 Å². The zero-order valence-corrected chi connectivity index (χ0v) is 13.7. The number of carbonyl (C=O) groups excluding carboxylic acids is 1. The standard InChI is InChI=1S/C16H15N3O3S/c1-9-14(15-13(18-9)8-17-10(2)19-15)16(20)11-4-6-12(7-5-11)23(3,21)22/h4-8,18H,1-3H3. The van der Waals surface area contributed by atoms with Gasteiger partial charge in [-0.3, -0.25) is 4.79 Å². The molecule has 0 bridgehead atoms. The van der Waals surface area contributed by atoms with E-state index in [-0.39, 0.29) is 10.7 Å². The summed E-state index contributed by atoms with van der Waals surface area (Å²) in [4.78, 5) is 24.5. The molecular weight excluding hydrogens is 314 g/mol. The fourth-order valence-corrected chi connectivity index (χ4v) is 3.10. The second-order valence-corrected chi connectivity index (χ2v) is 7.45. The van der Waals surface area contributed by atoms with Crippen molar-refractivity contribution < 1.29 is 13.2 Å². The van der Waals surface area contributed by atoms with Crippen LogP contribution in [0.4, 0.5) is 0 Å². The molecule has 0 unspecified atom stereocenters. The third-order valence-electron chi connectivity index (χ3n) is 3.61. The zero-order chi connectivity index (χ0) is 16.8. The SMILES string of the molecule is Cc1ncc2[nH]c(C)c(C(=O)c3ccc(S(C)(=O)=O)cc3)c2n1. The second kappa shape index (κ2) is 5.27. The lowest BCUT2D eigenvalue weighted by atomic mass is 10.0. The normalized spacial score (nSPS) is 11.8. The van der Waals surface area contributed by atoms with Gasteiger partial charge in [0.15, 0.2) is 15.6 Å². The average molecular weight is 329 g/mol. The van der Waals surface area contributed by atoms with E-state index in [0.717, 1.165) is 6.26 Å². The van der Waals surface area contributed by atoms with Crippen LogP contribution < -0.4 is 0 Å². The van der Waals surface area contributed by atoms with Crippen LogP contribution in [0.1, 0.15) is 27.4 Å². The Morgan fingerprint density at radius 3 is 2.39 bits per heavy atom. The number of aromatic nitrogens is 3. The van der Waals surface area contributed by atoms with Crippen LogP contribution in [-0.4, -0.2) is 35.4 Å². The number of sulfone groups is 1. The van der Waals surface area contributed by atoms with E-state index in [1.807, 2.05) is 0 Å². The van der Waals surface area contributed by atoms with E-state index in [1.54, 1.807) is 20.0 Å². The van der Waals surface area contributed by atoms with E-state index in [1.165, 1.54) is 24.3 Å². The largest absolute Gasteiger partial charge is 0.355 e. The molecule has 7 heteroatoms. The Morgan fingerprint density at radius 2 is 1.78 bits per heavy atom. The van der Waals surface area contributed by atoms with Gasteiger partial charge in [-0.2, -0.15) is 0 Å². The molecule has 3 aromatic rings. The van der Waals surface area contributed by atoms with Crippen LogP contribution in [0.25, 0.3) is 11.0 Å². The molecule has 2 heterocycles. The van der Waals surface area contributed by atoms with Crippen LogP contribution in [0.5, 0.6) is 0 Å². The van der Waals surface area contributed by atoms with Gasteiger partial charge >= 0.3 is 0 Å². The summed E-state index contributed by atoms with van der Waals surface area (Å²) < 4.78 is 23.0. The van der Waals surface area contributed by atoms with Gasteiger partial charge in [0.2, 0.25) is 0 Å². The third-order valence-corrected chi connectivity index (χ3v) is 4.74. The number of rotatable bonds is 3. The Bertz CT molecular complexity index is 1020. The number of benzene rings is 1. The lowest BCUT2D eigenvalue weighted by Crippen LogP contribution is -2.04. The first kappa shape index (κ1) is 15.4. The highest BCUT2D eigenvalue weighted by molar-refractivity contribution is 7.90. The number of fused-ring (bicyclic) bond motifs is 1. The molecule has 0 atom stereocenters. The van der Waals surface area contributed by atoms with Crippen molar-refractivity contribution in [1.82, 2.24) is 15.0 Å². The van der Waals surface area contributed by atoms with Gasteiger partial charge in [-0.05, 0) is 38.1 Å². The molecule has 23 heavy (non-hydrogen) atoms. The van der Waals surface area contributed by atoms with Crippen molar-refractivity contribution in [2.24, 2.45) is 0 Å². The molecule has 0 aliphatic carbocycles. The van der Waals surface area contributed by atoms with Crippen molar-refractivity contribution in [3.63, 3.8) is 0 Å². The first-order valence-corrected chi connectivity index (χ1v) is 8.83. The Balaban J connectivity index is 2.10. The molecule has 0 aliphatic rings. The van der Waals surface area contributed by atoms with Gasteiger partial charge in [0.05, 0.1) is 22.2 Å². The van der Waals surface area contributed by atoms with Crippen molar-refractivity contribution in [1.29, 1.82) is 0 Å². The van der Waals surface area contributed by atoms with Gasteiger partial charge < -0.3 is 4.98 Å². The van der Waals surface area contributed by atoms with E-state index in [9.17, 15) is 13.2 Å². The molecule has 6 nitrogen and oxygen atoms in total. The Kier molecular flexibility index (Phi) is 3.52. The van der Waals surface area contributed by atoms with Crippen LogP contribution >= 0.6 is 0 Å². The molecule has 0 amide bonds. The smallest absolute Gasteiger partial charge is 0.197 e. The molecule has 0 radical (unpaired) electrons. The van der Waals surface area contributed by atoms with Gasteiger partial charge in [0, 0.05) is 17.5 Å². The third kappa shape index (κ3) is 2.75. The molecule has 0 spiro atoms. The summed E-state index contributed by atoms with van der Waals surface area (Å²) in [5, 5.41) is 0. The monoisotopic (exact) mass is 329 g/mol. The van der Waals surface area contributed by atoms with Crippen molar-refractivity contribution in [3.05, 3.63) is 53.1 Å². The van der Waals surface area contributed by atoms with Crippen molar-refractivity contribution in [2.75, 3.05) is 6.26 Å². The van der Waals surface area contributed by atoms with Crippen molar-refractivity contribution in [2.45, 2.75) is 18.7 Å². The summed E-state index contributed by atoms with van der Waals surface area (Å²) in [5.74, 6) is 0.380. The highest BCUT2D eigenvalue weighted by Gasteiger charge is 2.20. The number of hydrogen-bond acceptors (Lipinski definition) is 5. The molecule has 0 aliphatic heterocycles. The molecular formula is C16H15N3O3S. The van der Waals surface area contributed by atoms with Crippen LogP contribution in [0.15, 0.2) is 35.4 Å². The van der Waals surface area contributed by atoms with E-state index in [2.05, 4.69) is 15.0 Å². The highest BCUT2D eigenvalue weighted by atomic mass is 32.2. The second-order valence-electron chi connectivity index (χ2n) is 5.43. The summed E-state index contributed by atoms with van der Waals surface area (Å²) in [6.07, 6.45) is 2.78.